The summed E-state index contributed by atoms with van der Waals surface area (Å²) in [5.74, 6) is 0.680. The number of fused-ring (bicyclic) bond motifs is 1. The number of hydrogen-bond acceptors (Lipinski definition) is 4. The van der Waals surface area contributed by atoms with Gasteiger partial charge in [-0.15, -0.1) is 0 Å². The molecule has 1 unspecified atom stereocenters. The highest BCUT2D eigenvalue weighted by Gasteiger charge is 2.15. The molecule has 4 nitrogen and oxygen atoms in total. The highest BCUT2D eigenvalue weighted by molar-refractivity contribution is 5.82. The summed E-state index contributed by atoms with van der Waals surface area (Å²) in [4.78, 5) is 11.1. The lowest BCUT2D eigenvalue weighted by atomic mass is 10.00. The van der Waals surface area contributed by atoms with Crippen LogP contribution < -0.4 is 5.73 Å². The van der Waals surface area contributed by atoms with Crippen molar-refractivity contribution in [1.82, 2.24) is 0 Å². The van der Waals surface area contributed by atoms with Gasteiger partial charge in [-0.2, -0.15) is 0 Å². The van der Waals surface area contributed by atoms with E-state index in [4.69, 9.17) is 10.2 Å². The van der Waals surface area contributed by atoms with Crippen LogP contribution in [0.25, 0.3) is 11.0 Å². The van der Waals surface area contributed by atoms with Crippen LogP contribution in [0.2, 0.25) is 0 Å². The third-order valence-corrected chi connectivity index (χ3v) is 3.31. The summed E-state index contributed by atoms with van der Waals surface area (Å²) in [5, 5.41) is 1.11. The molecular formula is C15H19NO3. The Labute approximate surface area is 112 Å². The second kappa shape index (κ2) is 5.89. The van der Waals surface area contributed by atoms with Crippen molar-refractivity contribution in [2.75, 3.05) is 7.11 Å². The number of ether oxygens (including phenoxy) is 1. The number of benzene rings is 1. The Hall–Kier alpha value is -1.81. The molecule has 102 valence electrons. The molecule has 1 atom stereocenters. The van der Waals surface area contributed by atoms with Crippen molar-refractivity contribution >= 4 is 16.9 Å². The standard InChI is InChI=1S/C15H19NO3/c1-10-13(9-11(16)7-8-15(17)18-2)12-5-3-4-6-14(12)19-10/h3-6,11H,7-9,16H2,1-2H3. The smallest absolute Gasteiger partial charge is 0.305 e. The Morgan fingerprint density at radius 3 is 2.89 bits per heavy atom. The molecule has 0 spiro atoms. The largest absolute Gasteiger partial charge is 0.469 e. The van der Waals surface area contributed by atoms with Gasteiger partial charge in [0.1, 0.15) is 11.3 Å². The van der Waals surface area contributed by atoms with E-state index in [0.717, 1.165) is 22.3 Å². The maximum atomic E-state index is 11.1. The molecule has 0 saturated heterocycles. The Balaban J connectivity index is 2.08. The monoisotopic (exact) mass is 261 g/mol. The molecule has 0 fully saturated rings. The van der Waals surface area contributed by atoms with Gasteiger partial charge in [0.25, 0.3) is 0 Å². The summed E-state index contributed by atoms with van der Waals surface area (Å²) in [6.45, 7) is 1.95. The van der Waals surface area contributed by atoms with E-state index in [9.17, 15) is 4.79 Å². The SMILES string of the molecule is COC(=O)CCC(N)Cc1c(C)oc2ccccc12. The molecule has 4 heteroatoms. The van der Waals surface area contributed by atoms with E-state index in [1.54, 1.807) is 0 Å². The molecule has 19 heavy (non-hydrogen) atoms. The summed E-state index contributed by atoms with van der Waals surface area (Å²) in [6, 6.07) is 7.85. The van der Waals surface area contributed by atoms with Crippen LogP contribution in [0.5, 0.6) is 0 Å². The highest BCUT2D eigenvalue weighted by Crippen LogP contribution is 2.26. The number of hydrogen-bond donors (Lipinski definition) is 1. The Kier molecular flexibility index (Phi) is 4.22. The van der Waals surface area contributed by atoms with Gasteiger partial charge < -0.3 is 14.9 Å². The van der Waals surface area contributed by atoms with Crippen molar-refractivity contribution in [3.8, 4) is 0 Å². The van der Waals surface area contributed by atoms with Gasteiger partial charge in [-0.1, -0.05) is 18.2 Å². The van der Waals surface area contributed by atoms with Crippen molar-refractivity contribution in [1.29, 1.82) is 0 Å². The number of carbonyl (C=O) groups excluding carboxylic acids is 1. The van der Waals surface area contributed by atoms with Crippen LogP contribution in [0.15, 0.2) is 28.7 Å². The first kappa shape index (κ1) is 13.6. The van der Waals surface area contributed by atoms with E-state index >= 15 is 0 Å². The fourth-order valence-corrected chi connectivity index (χ4v) is 2.24. The number of methoxy groups -OCH3 is 1. The first-order valence-corrected chi connectivity index (χ1v) is 6.41. The minimum atomic E-state index is -0.218. The third kappa shape index (κ3) is 3.15. The van der Waals surface area contributed by atoms with Crippen LogP contribution in [0, 0.1) is 6.92 Å². The van der Waals surface area contributed by atoms with Gasteiger partial charge in [-0.3, -0.25) is 4.79 Å². The summed E-state index contributed by atoms with van der Waals surface area (Å²) in [6.07, 6.45) is 1.68. The van der Waals surface area contributed by atoms with Crippen LogP contribution in [0.4, 0.5) is 0 Å². The van der Waals surface area contributed by atoms with Crippen molar-refractivity contribution < 1.29 is 13.9 Å². The third-order valence-electron chi connectivity index (χ3n) is 3.31. The maximum absolute atomic E-state index is 11.1. The van der Waals surface area contributed by atoms with Gasteiger partial charge in [0.05, 0.1) is 7.11 Å². The number of rotatable bonds is 5. The van der Waals surface area contributed by atoms with Crippen LogP contribution >= 0.6 is 0 Å². The molecule has 0 saturated carbocycles. The minimum absolute atomic E-state index is 0.0705. The molecule has 0 aliphatic carbocycles. The molecule has 1 heterocycles. The lowest BCUT2D eigenvalue weighted by molar-refractivity contribution is -0.140. The fourth-order valence-electron chi connectivity index (χ4n) is 2.24. The van der Waals surface area contributed by atoms with Crippen LogP contribution in [-0.2, 0) is 16.0 Å². The number of carbonyl (C=O) groups is 1. The normalized spacial score (nSPS) is 12.6. The molecule has 1 aromatic heterocycles. The quantitative estimate of drug-likeness (QED) is 0.840. The average Bonchev–Trinajstić information content (AvgIpc) is 2.72. The van der Waals surface area contributed by atoms with Crippen LogP contribution in [-0.4, -0.2) is 19.1 Å². The van der Waals surface area contributed by atoms with Gasteiger partial charge in [0.15, 0.2) is 0 Å². The number of esters is 1. The van der Waals surface area contributed by atoms with Crippen molar-refractivity contribution in [2.24, 2.45) is 5.73 Å². The number of para-hydroxylation sites is 1. The predicted octanol–water partition coefficient (Wildman–Crippen LogP) is 2.56. The topological polar surface area (TPSA) is 65.5 Å². The van der Waals surface area contributed by atoms with E-state index in [2.05, 4.69) is 4.74 Å². The molecule has 0 aliphatic rings. The lowest BCUT2D eigenvalue weighted by Crippen LogP contribution is -2.24. The Bertz CT molecular complexity index is 574. The fraction of sp³-hybridized carbons (Fsp3) is 0.400. The molecule has 2 aromatic rings. The predicted molar refractivity (Wildman–Crippen MR) is 73.9 cm³/mol. The molecule has 1 aromatic carbocycles. The second-order valence-corrected chi connectivity index (χ2v) is 4.71. The summed E-state index contributed by atoms with van der Waals surface area (Å²) >= 11 is 0. The molecule has 2 N–H and O–H groups in total. The van der Waals surface area contributed by atoms with Crippen LogP contribution in [0.3, 0.4) is 0 Å². The summed E-state index contributed by atoms with van der Waals surface area (Å²) < 4.78 is 10.3. The van der Waals surface area contributed by atoms with E-state index in [-0.39, 0.29) is 12.0 Å². The summed E-state index contributed by atoms with van der Waals surface area (Å²) in [7, 11) is 1.39. The average molecular weight is 261 g/mol. The van der Waals surface area contributed by atoms with Crippen molar-refractivity contribution in [2.45, 2.75) is 32.2 Å². The van der Waals surface area contributed by atoms with E-state index in [1.807, 2.05) is 31.2 Å². The van der Waals surface area contributed by atoms with E-state index < -0.39 is 0 Å². The molecule has 0 amide bonds. The molecule has 2 rings (SSSR count). The van der Waals surface area contributed by atoms with Gasteiger partial charge in [-0.25, -0.2) is 0 Å². The van der Waals surface area contributed by atoms with E-state index in [1.165, 1.54) is 7.11 Å². The summed E-state index contributed by atoms with van der Waals surface area (Å²) in [5.41, 5.74) is 8.10. The zero-order valence-electron chi connectivity index (χ0n) is 11.3. The van der Waals surface area contributed by atoms with E-state index in [0.29, 0.717) is 19.3 Å². The van der Waals surface area contributed by atoms with Crippen molar-refractivity contribution in [3.63, 3.8) is 0 Å². The van der Waals surface area contributed by atoms with Crippen LogP contribution in [0.1, 0.15) is 24.2 Å². The first-order valence-electron chi connectivity index (χ1n) is 6.41. The minimum Gasteiger partial charge on any atom is -0.469 e. The second-order valence-electron chi connectivity index (χ2n) is 4.71. The van der Waals surface area contributed by atoms with Crippen molar-refractivity contribution in [3.05, 3.63) is 35.6 Å². The molecule has 0 radical (unpaired) electrons. The van der Waals surface area contributed by atoms with Gasteiger partial charge in [0, 0.05) is 23.4 Å². The zero-order chi connectivity index (χ0) is 13.8. The number of nitrogens with two attached hydrogens (primary N) is 1. The molecular weight excluding hydrogens is 242 g/mol. The molecule has 0 bridgehead atoms. The zero-order valence-corrected chi connectivity index (χ0v) is 11.3. The number of furan rings is 1. The van der Waals surface area contributed by atoms with Gasteiger partial charge >= 0.3 is 5.97 Å². The Morgan fingerprint density at radius 2 is 2.16 bits per heavy atom. The first-order chi connectivity index (χ1) is 9.11. The highest BCUT2D eigenvalue weighted by atomic mass is 16.5. The Morgan fingerprint density at radius 1 is 1.42 bits per heavy atom. The van der Waals surface area contributed by atoms with Gasteiger partial charge in [-0.05, 0) is 25.8 Å². The van der Waals surface area contributed by atoms with Gasteiger partial charge in [0.2, 0.25) is 0 Å². The number of aryl methyl sites for hydroxylation is 1. The maximum Gasteiger partial charge on any atom is 0.305 e. The molecule has 0 aliphatic heterocycles. The lowest BCUT2D eigenvalue weighted by Gasteiger charge is -2.10.